The lowest BCUT2D eigenvalue weighted by atomic mass is 10.1. The largest absolute Gasteiger partial charge is 0.346 e. The number of nitrogens with zero attached hydrogens (tertiary/aromatic N) is 1. The van der Waals surface area contributed by atoms with E-state index in [9.17, 15) is 4.79 Å². The highest BCUT2D eigenvalue weighted by Gasteiger charge is 2.11. The van der Waals surface area contributed by atoms with Gasteiger partial charge in [-0.25, -0.2) is 4.98 Å². The first-order valence-corrected chi connectivity index (χ1v) is 7.43. The van der Waals surface area contributed by atoms with Crippen molar-refractivity contribution >= 4 is 28.4 Å². The molecule has 0 spiro atoms. The van der Waals surface area contributed by atoms with Gasteiger partial charge in [0.05, 0.1) is 11.6 Å². The number of carbonyl (C=O) groups excluding carboxylic acids is 1. The van der Waals surface area contributed by atoms with Crippen LogP contribution in [0.1, 0.15) is 28.9 Å². The first-order chi connectivity index (χ1) is 10.6. The van der Waals surface area contributed by atoms with Gasteiger partial charge in [0.15, 0.2) is 0 Å². The third-order valence-corrected chi connectivity index (χ3v) is 3.78. The number of aromatic nitrogens is 1. The van der Waals surface area contributed by atoms with E-state index in [1.807, 2.05) is 55.5 Å². The van der Waals surface area contributed by atoms with E-state index >= 15 is 0 Å². The van der Waals surface area contributed by atoms with Crippen LogP contribution in [0.25, 0.3) is 10.9 Å². The molecule has 0 radical (unpaired) electrons. The Morgan fingerprint density at radius 3 is 2.64 bits per heavy atom. The molecule has 1 heterocycles. The van der Waals surface area contributed by atoms with Gasteiger partial charge in [0.25, 0.3) is 5.91 Å². The zero-order valence-electron chi connectivity index (χ0n) is 12.1. The molecular weight excluding hydrogens is 296 g/mol. The van der Waals surface area contributed by atoms with Crippen molar-refractivity contribution < 1.29 is 4.79 Å². The summed E-state index contributed by atoms with van der Waals surface area (Å²) in [4.78, 5) is 16.6. The Hall–Kier alpha value is -2.39. The number of amides is 1. The second kappa shape index (κ2) is 6.16. The Kier molecular flexibility index (Phi) is 4.07. The quantitative estimate of drug-likeness (QED) is 0.729. The van der Waals surface area contributed by atoms with E-state index in [4.69, 9.17) is 11.6 Å². The van der Waals surface area contributed by atoms with Crippen LogP contribution in [-0.4, -0.2) is 10.9 Å². The predicted octanol–water partition coefficient (Wildman–Crippen LogP) is 4.38. The summed E-state index contributed by atoms with van der Waals surface area (Å²) in [5.74, 6) is -0.104. The highest BCUT2D eigenvalue weighted by atomic mass is 35.5. The molecule has 2 aromatic carbocycles. The van der Waals surface area contributed by atoms with Gasteiger partial charge in [-0.2, -0.15) is 0 Å². The van der Waals surface area contributed by atoms with E-state index in [-0.39, 0.29) is 11.9 Å². The van der Waals surface area contributed by atoms with Crippen LogP contribution in [0.5, 0.6) is 0 Å². The van der Waals surface area contributed by atoms with Gasteiger partial charge in [0.1, 0.15) is 5.15 Å². The second-order valence-electron chi connectivity index (χ2n) is 5.15. The monoisotopic (exact) mass is 310 g/mol. The lowest BCUT2D eigenvalue weighted by Crippen LogP contribution is -2.26. The van der Waals surface area contributed by atoms with Crippen molar-refractivity contribution in [3.05, 3.63) is 76.9 Å². The van der Waals surface area contributed by atoms with Gasteiger partial charge in [-0.1, -0.05) is 41.9 Å². The SMILES string of the molecule is CC(NC(=O)c1ccc2nc(Cl)ccc2c1)c1ccccc1. The summed E-state index contributed by atoms with van der Waals surface area (Å²) in [6.45, 7) is 1.97. The molecule has 3 nitrogen and oxygen atoms in total. The standard InChI is InChI=1S/C18H15ClN2O/c1-12(13-5-3-2-4-6-13)20-18(22)15-7-9-16-14(11-15)8-10-17(19)21-16/h2-12H,1H3,(H,20,22). The van der Waals surface area contributed by atoms with Crippen molar-refractivity contribution in [1.29, 1.82) is 0 Å². The van der Waals surface area contributed by atoms with Crippen LogP contribution in [0.3, 0.4) is 0 Å². The predicted molar refractivity (Wildman–Crippen MR) is 89.1 cm³/mol. The number of carbonyl (C=O) groups is 1. The van der Waals surface area contributed by atoms with E-state index in [0.717, 1.165) is 16.5 Å². The Labute approximate surface area is 133 Å². The molecule has 110 valence electrons. The Morgan fingerprint density at radius 1 is 1.09 bits per heavy atom. The molecule has 0 saturated carbocycles. The molecule has 0 aliphatic rings. The highest BCUT2D eigenvalue weighted by Crippen LogP contribution is 2.18. The number of benzene rings is 2. The molecule has 1 aromatic heterocycles. The fourth-order valence-corrected chi connectivity index (χ4v) is 2.50. The smallest absolute Gasteiger partial charge is 0.251 e. The van der Waals surface area contributed by atoms with E-state index in [1.54, 1.807) is 12.1 Å². The topological polar surface area (TPSA) is 42.0 Å². The molecule has 0 aliphatic heterocycles. The highest BCUT2D eigenvalue weighted by molar-refractivity contribution is 6.29. The van der Waals surface area contributed by atoms with Crippen LogP contribution in [-0.2, 0) is 0 Å². The molecule has 0 aliphatic carbocycles. The number of fused-ring (bicyclic) bond motifs is 1. The zero-order chi connectivity index (χ0) is 15.5. The molecule has 1 amide bonds. The van der Waals surface area contributed by atoms with Crippen molar-refractivity contribution in [3.63, 3.8) is 0 Å². The number of rotatable bonds is 3. The van der Waals surface area contributed by atoms with Gasteiger partial charge in [0.2, 0.25) is 0 Å². The van der Waals surface area contributed by atoms with Crippen LogP contribution in [0.4, 0.5) is 0 Å². The summed E-state index contributed by atoms with van der Waals surface area (Å²) in [5, 5.41) is 4.34. The van der Waals surface area contributed by atoms with Crippen LogP contribution in [0.2, 0.25) is 5.15 Å². The number of hydrogen-bond acceptors (Lipinski definition) is 2. The Bertz CT molecular complexity index is 818. The first kappa shape index (κ1) is 14.5. The summed E-state index contributed by atoms with van der Waals surface area (Å²) >= 11 is 5.87. The second-order valence-corrected chi connectivity index (χ2v) is 5.53. The summed E-state index contributed by atoms with van der Waals surface area (Å²) in [5.41, 5.74) is 2.46. The summed E-state index contributed by atoms with van der Waals surface area (Å²) in [6, 6.07) is 18.8. The first-order valence-electron chi connectivity index (χ1n) is 7.05. The Balaban J connectivity index is 1.81. The fraction of sp³-hybridized carbons (Fsp3) is 0.111. The van der Waals surface area contributed by atoms with E-state index in [1.165, 1.54) is 0 Å². The van der Waals surface area contributed by atoms with Gasteiger partial charge in [-0.3, -0.25) is 4.79 Å². The number of pyridine rings is 1. The molecule has 22 heavy (non-hydrogen) atoms. The molecule has 0 saturated heterocycles. The zero-order valence-corrected chi connectivity index (χ0v) is 12.8. The summed E-state index contributed by atoms with van der Waals surface area (Å²) in [6.07, 6.45) is 0. The fourth-order valence-electron chi connectivity index (χ4n) is 2.35. The Morgan fingerprint density at radius 2 is 1.86 bits per heavy atom. The molecule has 1 atom stereocenters. The minimum absolute atomic E-state index is 0.0484. The lowest BCUT2D eigenvalue weighted by Gasteiger charge is -2.14. The molecule has 1 unspecified atom stereocenters. The maximum atomic E-state index is 12.4. The molecule has 1 N–H and O–H groups in total. The molecule has 3 aromatic rings. The third kappa shape index (κ3) is 3.10. The van der Waals surface area contributed by atoms with Gasteiger partial charge in [-0.05, 0) is 42.8 Å². The average Bonchev–Trinajstić information content (AvgIpc) is 2.55. The van der Waals surface area contributed by atoms with Crippen LogP contribution < -0.4 is 5.32 Å². The summed E-state index contributed by atoms with van der Waals surface area (Å²) in [7, 11) is 0. The van der Waals surface area contributed by atoms with Crippen molar-refractivity contribution in [3.8, 4) is 0 Å². The van der Waals surface area contributed by atoms with Crippen molar-refractivity contribution in [2.75, 3.05) is 0 Å². The number of nitrogens with one attached hydrogen (secondary N) is 1. The van der Waals surface area contributed by atoms with E-state index < -0.39 is 0 Å². The maximum Gasteiger partial charge on any atom is 0.251 e. The van der Waals surface area contributed by atoms with Crippen molar-refractivity contribution in [2.45, 2.75) is 13.0 Å². The van der Waals surface area contributed by atoms with Crippen molar-refractivity contribution in [2.24, 2.45) is 0 Å². The van der Waals surface area contributed by atoms with E-state index in [2.05, 4.69) is 10.3 Å². The van der Waals surface area contributed by atoms with Gasteiger partial charge >= 0.3 is 0 Å². The minimum atomic E-state index is -0.104. The van der Waals surface area contributed by atoms with Gasteiger partial charge in [0, 0.05) is 10.9 Å². The molecule has 0 fully saturated rings. The van der Waals surface area contributed by atoms with Crippen LogP contribution in [0.15, 0.2) is 60.7 Å². The third-order valence-electron chi connectivity index (χ3n) is 3.56. The number of halogens is 1. The summed E-state index contributed by atoms with van der Waals surface area (Å²) < 4.78 is 0. The molecule has 0 bridgehead atoms. The lowest BCUT2D eigenvalue weighted by molar-refractivity contribution is 0.0940. The van der Waals surface area contributed by atoms with E-state index in [0.29, 0.717) is 10.7 Å². The minimum Gasteiger partial charge on any atom is -0.346 e. The molecule has 3 rings (SSSR count). The van der Waals surface area contributed by atoms with Crippen LogP contribution in [0, 0.1) is 0 Å². The van der Waals surface area contributed by atoms with Crippen molar-refractivity contribution in [1.82, 2.24) is 10.3 Å². The molecular formula is C18H15ClN2O. The average molecular weight is 311 g/mol. The van der Waals surface area contributed by atoms with Gasteiger partial charge in [-0.15, -0.1) is 0 Å². The number of hydrogen-bond donors (Lipinski definition) is 1. The van der Waals surface area contributed by atoms with Gasteiger partial charge < -0.3 is 5.32 Å². The molecule has 4 heteroatoms. The van der Waals surface area contributed by atoms with Crippen LogP contribution >= 0.6 is 11.6 Å². The normalized spacial score (nSPS) is 12.1. The maximum absolute atomic E-state index is 12.4.